The minimum Gasteiger partial charge on any atom is -0.478 e. The Morgan fingerprint density at radius 2 is 1.76 bits per heavy atom. The SMILES string of the molecule is N#CCn1cc(/C=C(/C#N)c2ccc(C(=O)O)cc2)c2ccccc21. The average molecular weight is 327 g/mol. The van der Waals surface area contributed by atoms with E-state index >= 15 is 0 Å². The molecule has 25 heavy (non-hydrogen) atoms. The van der Waals surface area contributed by atoms with E-state index in [-0.39, 0.29) is 12.1 Å². The third-order valence-electron chi connectivity index (χ3n) is 3.92. The summed E-state index contributed by atoms with van der Waals surface area (Å²) in [5.41, 5.74) is 3.01. The predicted octanol–water partition coefficient (Wildman–Crippen LogP) is 3.93. The van der Waals surface area contributed by atoms with Gasteiger partial charge in [-0.1, -0.05) is 30.3 Å². The van der Waals surface area contributed by atoms with Gasteiger partial charge in [-0.05, 0) is 29.8 Å². The number of carbonyl (C=O) groups is 1. The highest BCUT2D eigenvalue weighted by Gasteiger charge is 2.09. The molecule has 120 valence electrons. The van der Waals surface area contributed by atoms with Gasteiger partial charge in [-0.3, -0.25) is 0 Å². The Hall–Kier alpha value is -3.83. The summed E-state index contributed by atoms with van der Waals surface area (Å²) in [6.07, 6.45) is 3.60. The second kappa shape index (κ2) is 6.74. The highest BCUT2D eigenvalue weighted by Crippen LogP contribution is 2.26. The van der Waals surface area contributed by atoms with Gasteiger partial charge in [-0.15, -0.1) is 0 Å². The van der Waals surface area contributed by atoms with Crippen LogP contribution in [0.5, 0.6) is 0 Å². The highest BCUT2D eigenvalue weighted by molar-refractivity contribution is 5.98. The van der Waals surface area contributed by atoms with Crippen molar-refractivity contribution in [2.45, 2.75) is 6.54 Å². The van der Waals surface area contributed by atoms with Crippen molar-refractivity contribution < 1.29 is 9.90 Å². The molecule has 0 unspecified atom stereocenters. The molecule has 5 nitrogen and oxygen atoms in total. The van der Waals surface area contributed by atoms with Crippen LogP contribution in [-0.2, 0) is 6.54 Å². The molecule has 0 amide bonds. The first kappa shape index (κ1) is 16.0. The summed E-state index contributed by atoms with van der Waals surface area (Å²) in [7, 11) is 0. The van der Waals surface area contributed by atoms with E-state index in [2.05, 4.69) is 12.1 Å². The number of hydrogen-bond acceptors (Lipinski definition) is 3. The zero-order valence-corrected chi connectivity index (χ0v) is 13.2. The maximum atomic E-state index is 10.9. The molecular weight excluding hydrogens is 314 g/mol. The van der Waals surface area contributed by atoms with E-state index in [0.29, 0.717) is 11.1 Å². The number of nitriles is 2. The van der Waals surface area contributed by atoms with E-state index in [1.165, 1.54) is 12.1 Å². The summed E-state index contributed by atoms with van der Waals surface area (Å²) in [4.78, 5) is 10.9. The number of nitrogens with zero attached hydrogens (tertiary/aromatic N) is 3. The number of aromatic nitrogens is 1. The van der Waals surface area contributed by atoms with E-state index in [9.17, 15) is 10.1 Å². The number of para-hydroxylation sites is 1. The smallest absolute Gasteiger partial charge is 0.335 e. The standard InChI is InChI=1S/C20H13N3O2/c21-9-10-23-13-17(18-3-1-2-4-19(18)23)11-16(12-22)14-5-7-15(8-6-14)20(24)25/h1-8,11,13H,10H2,(H,24,25)/b16-11-. The minimum atomic E-state index is -1.01. The Morgan fingerprint density at radius 3 is 2.40 bits per heavy atom. The molecule has 0 fully saturated rings. The van der Waals surface area contributed by atoms with E-state index in [0.717, 1.165) is 16.5 Å². The topological polar surface area (TPSA) is 89.8 Å². The Morgan fingerprint density at radius 1 is 1.08 bits per heavy atom. The summed E-state index contributed by atoms with van der Waals surface area (Å²) in [5, 5.41) is 28.4. The van der Waals surface area contributed by atoms with Crippen LogP contribution < -0.4 is 0 Å². The number of hydrogen-bond donors (Lipinski definition) is 1. The molecule has 0 bridgehead atoms. The zero-order chi connectivity index (χ0) is 17.8. The van der Waals surface area contributed by atoms with Crippen LogP contribution in [-0.4, -0.2) is 15.6 Å². The number of fused-ring (bicyclic) bond motifs is 1. The molecule has 5 heteroatoms. The lowest BCUT2D eigenvalue weighted by molar-refractivity contribution is 0.0697. The lowest BCUT2D eigenvalue weighted by atomic mass is 10.0. The fraction of sp³-hybridized carbons (Fsp3) is 0.0500. The molecule has 0 aliphatic heterocycles. The first-order valence-electron chi connectivity index (χ1n) is 7.54. The normalized spacial score (nSPS) is 11.0. The third-order valence-corrected chi connectivity index (χ3v) is 3.92. The first-order chi connectivity index (χ1) is 12.1. The van der Waals surface area contributed by atoms with Gasteiger partial charge in [0.1, 0.15) is 6.54 Å². The van der Waals surface area contributed by atoms with Gasteiger partial charge in [0.2, 0.25) is 0 Å². The molecule has 0 aliphatic carbocycles. The molecule has 3 aromatic rings. The number of rotatable bonds is 4. The monoisotopic (exact) mass is 327 g/mol. The molecule has 0 radical (unpaired) electrons. The van der Waals surface area contributed by atoms with E-state index in [4.69, 9.17) is 10.4 Å². The van der Waals surface area contributed by atoms with Crippen LogP contribution in [0.15, 0.2) is 54.7 Å². The fourth-order valence-electron chi connectivity index (χ4n) is 2.73. The van der Waals surface area contributed by atoms with Gasteiger partial charge >= 0.3 is 5.97 Å². The fourth-order valence-corrected chi connectivity index (χ4v) is 2.73. The molecule has 0 spiro atoms. The summed E-state index contributed by atoms with van der Waals surface area (Å²) in [5.74, 6) is -1.01. The van der Waals surface area contributed by atoms with Crippen LogP contribution in [0.1, 0.15) is 21.5 Å². The largest absolute Gasteiger partial charge is 0.478 e. The van der Waals surface area contributed by atoms with Gasteiger partial charge < -0.3 is 9.67 Å². The number of allylic oxidation sites excluding steroid dienone is 1. The van der Waals surface area contributed by atoms with Gasteiger partial charge in [0.25, 0.3) is 0 Å². The summed E-state index contributed by atoms with van der Waals surface area (Å²) < 4.78 is 1.84. The van der Waals surface area contributed by atoms with Crippen molar-refractivity contribution in [1.29, 1.82) is 10.5 Å². The Kier molecular flexibility index (Phi) is 4.32. The number of benzene rings is 2. The van der Waals surface area contributed by atoms with Crippen LogP contribution in [0, 0.1) is 22.7 Å². The second-order valence-corrected chi connectivity index (χ2v) is 5.44. The van der Waals surface area contributed by atoms with Crippen LogP contribution in [0.25, 0.3) is 22.6 Å². The molecule has 1 heterocycles. The summed E-state index contributed by atoms with van der Waals surface area (Å²) >= 11 is 0. The Bertz CT molecular complexity index is 1060. The van der Waals surface area contributed by atoms with Crippen LogP contribution in [0.2, 0.25) is 0 Å². The van der Waals surface area contributed by atoms with Crippen molar-refractivity contribution in [1.82, 2.24) is 4.57 Å². The number of carboxylic acid groups (broad SMARTS) is 1. The van der Waals surface area contributed by atoms with Crippen LogP contribution in [0.4, 0.5) is 0 Å². The van der Waals surface area contributed by atoms with Gasteiger partial charge in [-0.25, -0.2) is 4.79 Å². The molecule has 0 saturated heterocycles. The van der Waals surface area contributed by atoms with Gasteiger partial charge in [0.05, 0.1) is 23.3 Å². The predicted molar refractivity (Wildman–Crippen MR) is 94.4 cm³/mol. The van der Waals surface area contributed by atoms with Crippen LogP contribution in [0.3, 0.4) is 0 Å². The molecule has 3 rings (SSSR count). The molecule has 2 aromatic carbocycles. The lowest BCUT2D eigenvalue weighted by Gasteiger charge is -2.00. The number of aromatic carboxylic acids is 1. The molecule has 1 aromatic heterocycles. The van der Waals surface area contributed by atoms with Gasteiger partial charge in [0, 0.05) is 22.7 Å². The van der Waals surface area contributed by atoms with Crippen molar-refractivity contribution in [3.8, 4) is 12.1 Å². The van der Waals surface area contributed by atoms with Crippen molar-refractivity contribution in [3.05, 3.63) is 71.4 Å². The van der Waals surface area contributed by atoms with Crippen molar-refractivity contribution in [3.63, 3.8) is 0 Å². The van der Waals surface area contributed by atoms with E-state index < -0.39 is 5.97 Å². The molecule has 0 saturated carbocycles. The zero-order valence-electron chi connectivity index (χ0n) is 13.2. The third kappa shape index (κ3) is 3.12. The lowest BCUT2D eigenvalue weighted by Crippen LogP contribution is -1.95. The molecule has 0 aliphatic rings. The Labute approximate surface area is 144 Å². The van der Waals surface area contributed by atoms with Crippen molar-refractivity contribution in [2.24, 2.45) is 0 Å². The molecule has 0 atom stereocenters. The van der Waals surface area contributed by atoms with Gasteiger partial charge in [-0.2, -0.15) is 10.5 Å². The molecular formula is C20H13N3O2. The summed E-state index contributed by atoms with van der Waals surface area (Å²) in [6, 6.07) is 18.2. The first-order valence-corrected chi connectivity index (χ1v) is 7.54. The van der Waals surface area contributed by atoms with E-state index in [1.807, 2.05) is 35.0 Å². The van der Waals surface area contributed by atoms with Crippen LogP contribution >= 0.6 is 0 Å². The molecule has 1 N–H and O–H groups in total. The summed E-state index contributed by atoms with van der Waals surface area (Å²) in [6.45, 7) is 0.226. The van der Waals surface area contributed by atoms with Gasteiger partial charge in [0.15, 0.2) is 0 Å². The maximum Gasteiger partial charge on any atom is 0.335 e. The average Bonchev–Trinajstić information content (AvgIpc) is 2.98. The Balaban J connectivity index is 2.09. The van der Waals surface area contributed by atoms with E-state index in [1.54, 1.807) is 18.2 Å². The highest BCUT2D eigenvalue weighted by atomic mass is 16.4. The van der Waals surface area contributed by atoms with Crippen molar-refractivity contribution in [2.75, 3.05) is 0 Å². The minimum absolute atomic E-state index is 0.173. The van der Waals surface area contributed by atoms with Crippen molar-refractivity contribution >= 4 is 28.5 Å². The number of carboxylic acids is 1. The quantitative estimate of drug-likeness (QED) is 0.735. The second-order valence-electron chi connectivity index (χ2n) is 5.44. The maximum absolute atomic E-state index is 10.9.